The number of halogens is 3. The van der Waals surface area contributed by atoms with Crippen LogP contribution in [0.15, 0.2) is 48.7 Å². The minimum absolute atomic E-state index is 0.269. The summed E-state index contributed by atoms with van der Waals surface area (Å²) in [5, 5.41) is 9.47. The van der Waals surface area contributed by atoms with Crippen LogP contribution < -0.4 is 14.8 Å². The third kappa shape index (κ3) is 3.96. The van der Waals surface area contributed by atoms with Gasteiger partial charge in [-0.05, 0) is 42.8 Å². The fourth-order valence-corrected chi connectivity index (χ4v) is 3.22. The summed E-state index contributed by atoms with van der Waals surface area (Å²) in [7, 11) is 0. The normalized spacial score (nSPS) is 14.3. The van der Waals surface area contributed by atoms with Crippen molar-refractivity contribution in [2.45, 2.75) is 19.1 Å². The Morgan fingerprint density at radius 2 is 1.90 bits per heavy atom. The van der Waals surface area contributed by atoms with Crippen LogP contribution in [-0.2, 0) is 6.18 Å². The van der Waals surface area contributed by atoms with Gasteiger partial charge in [0.25, 0.3) is 5.91 Å². The second kappa shape index (κ2) is 7.74. The lowest BCUT2D eigenvalue weighted by atomic mass is 10.0. The van der Waals surface area contributed by atoms with Crippen molar-refractivity contribution in [1.29, 1.82) is 0 Å². The van der Waals surface area contributed by atoms with Gasteiger partial charge in [0.05, 0.1) is 29.1 Å². The molecule has 3 aromatic rings. The van der Waals surface area contributed by atoms with Crippen LogP contribution in [0.25, 0.3) is 11.3 Å². The molecule has 0 saturated heterocycles. The van der Waals surface area contributed by atoms with E-state index in [0.29, 0.717) is 41.5 Å². The predicted octanol–water partition coefficient (Wildman–Crippen LogP) is 4.36. The van der Waals surface area contributed by atoms with E-state index < -0.39 is 23.7 Å². The van der Waals surface area contributed by atoms with Gasteiger partial charge in [-0.3, -0.25) is 9.89 Å². The molecule has 0 spiro atoms. The number of benzene rings is 2. The van der Waals surface area contributed by atoms with Crippen molar-refractivity contribution in [3.63, 3.8) is 0 Å². The van der Waals surface area contributed by atoms with E-state index in [0.717, 1.165) is 12.1 Å². The highest BCUT2D eigenvalue weighted by atomic mass is 19.4. The van der Waals surface area contributed by atoms with Gasteiger partial charge in [0.15, 0.2) is 11.5 Å². The Hall–Kier alpha value is -3.49. The smallest absolute Gasteiger partial charge is 0.416 e. The molecule has 1 amide bonds. The molecule has 30 heavy (non-hydrogen) atoms. The lowest BCUT2D eigenvalue weighted by Gasteiger charge is -2.19. The van der Waals surface area contributed by atoms with Crippen molar-refractivity contribution in [2.75, 3.05) is 13.2 Å². The summed E-state index contributed by atoms with van der Waals surface area (Å²) in [6.45, 7) is 2.52. The van der Waals surface area contributed by atoms with E-state index in [2.05, 4.69) is 15.5 Å². The Labute approximate surface area is 170 Å². The van der Waals surface area contributed by atoms with Gasteiger partial charge in [-0.2, -0.15) is 18.3 Å². The molecule has 0 aliphatic carbocycles. The molecule has 0 saturated carbocycles. The minimum atomic E-state index is -4.45. The molecule has 156 valence electrons. The van der Waals surface area contributed by atoms with Crippen LogP contribution in [0.5, 0.6) is 11.5 Å². The van der Waals surface area contributed by atoms with Gasteiger partial charge < -0.3 is 14.8 Å². The quantitative estimate of drug-likeness (QED) is 0.662. The van der Waals surface area contributed by atoms with Gasteiger partial charge in [0.2, 0.25) is 0 Å². The zero-order valence-corrected chi connectivity index (χ0v) is 15.9. The average Bonchev–Trinajstić information content (AvgIpc) is 3.23. The van der Waals surface area contributed by atoms with Crippen molar-refractivity contribution in [3.05, 3.63) is 65.4 Å². The Balaban J connectivity index is 1.55. The summed E-state index contributed by atoms with van der Waals surface area (Å²) in [4.78, 5) is 12.8. The fraction of sp³-hybridized carbons (Fsp3) is 0.238. The van der Waals surface area contributed by atoms with Crippen molar-refractivity contribution in [2.24, 2.45) is 0 Å². The topological polar surface area (TPSA) is 76.2 Å². The molecule has 4 rings (SSSR count). The van der Waals surface area contributed by atoms with E-state index in [9.17, 15) is 18.0 Å². The molecule has 0 fully saturated rings. The zero-order valence-electron chi connectivity index (χ0n) is 15.9. The maximum absolute atomic E-state index is 13.0. The summed E-state index contributed by atoms with van der Waals surface area (Å²) in [5.74, 6) is 0.726. The monoisotopic (exact) mass is 417 g/mol. The lowest BCUT2D eigenvalue weighted by molar-refractivity contribution is -0.137. The molecular formula is C21H18F3N3O3. The van der Waals surface area contributed by atoms with Crippen molar-refractivity contribution >= 4 is 5.91 Å². The average molecular weight is 417 g/mol. The third-order valence-electron chi connectivity index (χ3n) is 4.78. The second-order valence-corrected chi connectivity index (χ2v) is 6.84. The van der Waals surface area contributed by atoms with Crippen molar-refractivity contribution < 1.29 is 27.4 Å². The molecule has 1 aromatic heterocycles. The van der Waals surface area contributed by atoms with Crippen LogP contribution in [0.4, 0.5) is 13.2 Å². The number of carbonyl (C=O) groups excluding carboxylic acids is 1. The number of nitrogens with zero attached hydrogens (tertiary/aromatic N) is 1. The van der Waals surface area contributed by atoms with Crippen LogP contribution in [0.3, 0.4) is 0 Å². The highest BCUT2D eigenvalue weighted by Gasteiger charge is 2.31. The van der Waals surface area contributed by atoms with Gasteiger partial charge in [-0.1, -0.05) is 12.1 Å². The first-order chi connectivity index (χ1) is 14.3. The molecule has 2 N–H and O–H groups in total. The summed E-state index contributed by atoms with van der Waals surface area (Å²) in [5.41, 5.74) is 1.00. The van der Waals surface area contributed by atoms with Crippen LogP contribution in [0.2, 0.25) is 0 Å². The number of fused-ring (bicyclic) bond motifs is 1. The molecule has 9 heteroatoms. The Kier molecular flexibility index (Phi) is 5.11. The van der Waals surface area contributed by atoms with E-state index in [1.165, 1.54) is 18.3 Å². The fourth-order valence-electron chi connectivity index (χ4n) is 3.22. The maximum Gasteiger partial charge on any atom is 0.416 e. The number of nitrogens with one attached hydrogen (secondary N) is 2. The van der Waals surface area contributed by atoms with Gasteiger partial charge in [0.1, 0.15) is 13.2 Å². The van der Waals surface area contributed by atoms with Crippen LogP contribution in [0.1, 0.15) is 34.5 Å². The molecule has 1 atom stereocenters. The number of hydrogen-bond acceptors (Lipinski definition) is 4. The molecular weight excluding hydrogens is 399 g/mol. The van der Waals surface area contributed by atoms with Gasteiger partial charge >= 0.3 is 6.18 Å². The van der Waals surface area contributed by atoms with Crippen LogP contribution >= 0.6 is 0 Å². The first-order valence-electron chi connectivity index (χ1n) is 9.24. The number of amides is 1. The Bertz CT molecular complexity index is 1080. The van der Waals surface area contributed by atoms with Crippen LogP contribution in [-0.4, -0.2) is 29.3 Å². The summed E-state index contributed by atoms with van der Waals surface area (Å²) in [6.07, 6.45) is -3.07. The summed E-state index contributed by atoms with van der Waals surface area (Å²) >= 11 is 0. The Morgan fingerprint density at radius 3 is 2.67 bits per heavy atom. The van der Waals surface area contributed by atoms with E-state index in [1.54, 1.807) is 25.1 Å². The largest absolute Gasteiger partial charge is 0.486 e. The minimum Gasteiger partial charge on any atom is -0.486 e. The van der Waals surface area contributed by atoms with E-state index in [1.807, 2.05) is 0 Å². The summed E-state index contributed by atoms with van der Waals surface area (Å²) in [6, 6.07) is 9.51. The van der Waals surface area contributed by atoms with E-state index >= 15 is 0 Å². The highest BCUT2D eigenvalue weighted by Crippen LogP contribution is 2.35. The number of aromatic amines is 1. The highest BCUT2D eigenvalue weighted by molar-refractivity contribution is 6.00. The van der Waals surface area contributed by atoms with E-state index in [-0.39, 0.29) is 5.56 Å². The molecule has 0 bridgehead atoms. The van der Waals surface area contributed by atoms with Crippen molar-refractivity contribution in [3.8, 4) is 22.8 Å². The third-order valence-corrected chi connectivity index (χ3v) is 4.78. The molecule has 1 aliphatic rings. The number of aromatic nitrogens is 2. The number of rotatable bonds is 4. The maximum atomic E-state index is 13.0. The predicted molar refractivity (Wildman–Crippen MR) is 102 cm³/mol. The van der Waals surface area contributed by atoms with Crippen LogP contribution in [0, 0.1) is 0 Å². The molecule has 0 radical (unpaired) electrons. The van der Waals surface area contributed by atoms with Gasteiger partial charge in [0, 0.05) is 5.56 Å². The first kappa shape index (κ1) is 19.8. The number of ether oxygens (including phenoxy) is 2. The molecule has 1 unspecified atom stereocenters. The summed E-state index contributed by atoms with van der Waals surface area (Å²) < 4.78 is 49.9. The molecule has 6 nitrogen and oxygen atoms in total. The number of H-pyrrole nitrogens is 1. The molecule has 2 heterocycles. The number of hydrogen-bond donors (Lipinski definition) is 2. The zero-order chi connectivity index (χ0) is 21.3. The first-order valence-corrected chi connectivity index (χ1v) is 9.24. The van der Waals surface area contributed by atoms with E-state index in [4.69, 9.17) is 9.47 Å². The molecule has 1 aliphatic heterocycles. The van der Waals surface area contributed by atoms with Gasteiger partial charge in [-0.15, -0.1) is 0 Å². The van der Waals surface area contributed by atoms with Crippen molar-refractivity contribution in [1.82, 2.24) is 15.5 Å². The molecule has 2 aromatic carbocycles. The number of alkyl halides is 3. The standard InChI is InChI=1S/C21H18F3N3O3/c1-12(13-3-2-4-15(9-13)21(22,23)24)26-20(28)16-11-25-27-19(16)14-5-6-17-18(10-14)30-8-7-29-17/h2-6,9-12H,7-8H2,1H3,(H,25,27)(H,26,28). The SMILES string of the molecule is CC(NC(=O)c1cn[nH]c1-c1ccc2c(c1)OCCO2)c1cccc(C(F)(F)F)c1. The number of carbonyl (C=O) groups is 1. The second-order valence-electron chi connectivity index (χ2n) is 6.84. The Morgan fingerprint density at radius 1 is 1.13 bits per heavy atom. The lowest BCUT2D eigenvalue weighted by Crippen LogP contribution is -2.27. The van der Waals surface area contributed by atoms with Gasteiger partial charge in [-0.25, -0.2) is 0 Å².